The Morgan fingerprint density at radius 3 is 2.59 bits per heavy atom. The highest BCUT2D eigenvalue weighted by atomic mass is 16.1. The number of hydrogen-bond donors (Lipinski definition) is 0. The van der Waals surface area contributed by atoms with E-state index in [4.69, 9.17) is 0 Å². The molecule has 0 heterocycles. The number of allylic oxidation sites excluding steroid dienone is 3. The lowest BCUT2D eigenvalue weighted by Crippen LogP contribution is -2.48. The van der Waals surface area contributed by atoms with Gasteiger partial charge >= 0.3 is 0 Å². The fourth-order valence-corrected chi connectivity index (χ4v) is 7.77. The van der Waals surface area contributed by atoms with E-state index in [2.05, 4.69) is 40.3 Å². The van der Waals surface area contributed by atoms with Crippen molar-refractivity contribution in [1.82, 2.24) is 0 Å². The Labute approximate surface area is 164 Å². The minimum absolute atomic E-state index is 0.135. The molecule has 0 bridgehead atoms. The molecule has 0 unspecified atom stereocenters. The van der Waals surface area contributed by atoms with Crippen LogP contribution in [0.1, 0.15) is 72.6 Å². The average molecular weight is 369 g/mol. The van der Waals surface area contributed by atoms with Gasteiger partial charge in [0, 0.05) is 12.3 Å². The number of rotatable bonds is 2. The Balaban J connectivity index is 1.78. The van der Waals surface area contributed by atoms with Gasteiger partial charge in [0.1, 0.15) is 12.1 Å². The predicted octanol–water partition coefficient (Wildman–Crippen LogP) is 5.77. The molecule has 0 aromatic carbocycles. The number of carbonyl (C=O) groups excluding carboxylic acids is 2. The number of Topliss-reactive ketones (excluding diaryl/α,β-unsaturated/α-hetero) is 1. The van der Waals surface area contributed by atoms with Gasteiger partial charge in [-0.15, -0.1) is 0 Å². The van der Waals surface area contributed by atoms with Crippen molar-refractivity contribution in [2.45, 2.75) is 72.6 Å². The van der Waals surface area contributed by atoms with Crippen molar-refractivity contribution < 1.29 is 9.59 Å². The molecule has 4 aliphatic carbocycles. The van der Waals surface area contributed by atoms with Crippen LogP contribution >= 0.6 is 0 Å². The smallest absolute Gasteiger partial charge is 0.146 e. The summed E-state index contributed by atoms with van der Waals surface area (Å²) in [5.74, 6) is 2.79. The lowest BCUT2D eigenvalue weighted by atomic mass is 9.49. The van der Waals surface area contributed by atoms with Crippen molar-refractivity contribution >= 4 is 12.1 Å². The summed E-state index contributed by atoms with van der Waals surface area (Å²) in [6, 6.07) is 0. The number of aldehydes is 1. The quantitative estimate of drug-likeness (QED) is 0.458. The molecule has 3 fully saturated rings. The van der Waals surface area contributed by atoms with Crippen LogP contribution in [-0.4, -0.2) is 12.1 Å². The molecular formula is C25H36O2. The molecule has 0 spiro atoms. The first-order valence-corrected chi connectivity index (χ1v) is 11.0. The fourth-order valence-electron chi connectivity index (χ4n) is 7.77. The van der Waals surface area contributed by atoms with Gasteiger partial charge in [0.05, 0.1) is 0 Å². The molecule has 148 valence electrons. The van der Waals surface area contributed by atoms with Crippen LogP contribution in [0.2, 0.25) is 0 Å². The molecule has 27 heavy (non-hydrogen) atoms. The molecule has 2 nitrogen and oxygen atoms in total. The molecule has 4 rings (SSSR count). The molecule has 0 aromatic rings. The van der Waals surface area contributed by atoms with Crippen LogP contribution in [-0.2, 0) is 9.59 Å². The van der Waals surface area contributed by atoms with Crippen molar-refractivity contribution in [1.29, 1.82) is 0 Å². The fraction of sp³-hybridized carbons (Fsp3) is 0.760. The molecule has 0 N–H and O–H groups in total. The van der Waals surface area contributed by atoms with Gasteiger partial charge in [0.2, 0.25) is 0 Å². The van der Waals surface area contributed by atoms with E-state index in [0.29, 0.717) is 47.2 Å². The molecule has 2 heteroatoms. The summed E-state index contributed by atoms with van der Waals surface area (Å²) in [7, 11) is 0. The number of fused-ring (bicyclic) bond motifs is 4. The SMILES string of the molecule is C=C(C)[C@@H]1CC[C@]2(C)CC[C@@]3(C)C[C@@H]4[C@H](C)CC(=O)[C@@H]4/C(C=O)=C\C[C@@H]3[C@@H]12. The zero-order valence-corrected chi connectivity index (χ0v) is 17.6. The molecule has 0 radical (unpaired) electrons. The Bertz CT molecular complexity index is 703. The van der Waals surface area contributed by atoms with Crippen LogP contribution in [0.15, 0.2) is 23.8 Å². The number of ketones is 1. The van der Waals surface area contributed by atoms with Crippen LogP contribution in [0.4, 0.5) is 0 Å². The standard InChI is InChI=1S/C25H36O2/c1-15(2)18-8-9-24(4)10-11-25(5)13-19-16(3)12-21(27)22(19)17(14-26)6-7-20(25)23(18)24/h6,14,16,18-20,22-23H,1,7-13H2,2-5H3/b17-6-/t16-,18+,19-,20-,22-,23-,24-,25+/m1/s1. The van der Waals surface area contributed by atoms with Crippen molar-refractivity contribution in [2.24, 2.45) is 46.3 Å². The summed E-state index contributed by atoms with van der Waals surface area (Å²) in [5, 5.41) is 0. The maximum absolute atomic E-state index is 12.7. The predicted molar refractivity (Wildman–Crippen MR) is 109 cm³/mol. The highest BCUT2D eigenvalue weighted by Crippen LogP contribution is 2.66. The third-order valence-corrected chi connectivity index (χ3v) is 9.33. The largest absolute Gasteiger partial charge is 0.299 e. The van der Waals surface area contributed by atoms with Gasteiger partial charge in [-0.1, -0.05) is 39.0 Å². The highest BCUT2D eigenvalue weighted by Gasteiger charge is 2.58. The first kappa shape index (κ1) is 19.2. The van der Waals surface area contributed by atoms with Crippen molar-refractivity contribution in [3.05, 3.63) is 23.8 Å². The molecule has 0 aromatic heterocycles. The van der Waals surface area contributed by atoms with Crippen LogP contribution in [0, 0.1) is 46.3 Å². The van der Waals surface area contributed by atoms with Crippen LogP contribution in [0.25, 0.3) is 0 Å². The van der Waals surface area contributed by atoms with Crippen LogP contribution in [0.5, 0.6) is 0 Å². The van der Waals surface area contributed by atoms with E-state index in [1.807, 2.05) is 0 Å². The molecule has 3 saturated carbocycles. The molecule has 8 atom stereocenters. The minimum Gasteiger partial charge on any atom is -0.299 e. The van der Waals surface area contributed by atoms with Gasteiger partial charge in [-0.2, -0.15) is 0 Å². The molecule has 0 saturated heterocycles. The highest BCUT2D eigenvalue weighted by molar-refractivity contribution is 5.93. The Morgan fingerprint density at radius 1 is 1.22 bits per heavy atom. The monoisotopic (exact) mass is 368 g/mol. The lowest BCUT2D eigenvalue weighted by molar-refractivity contribution is -0.122. The first-order valence-electron chi connectivity index (χ1n) is 11.0. The zero-order valence-electron chi connectivity index (χ0n) is 17.6. The van der Waals surface area contributed by atoms with E-state index < -0.39 is 0 Å². The maximum Gasteiger partial charge on any atom is 0.146 e. The average Bonchev–Trinajstić information content (AvgIpc) is 3.07. The van der Waals surface area contributed by atoms with Gasteiger partial charge in [0.15, 0.2) is 0 Å². The second-order valence-electron chi connectivity index (χ2n) is 11.0. The topological polar surface area (TPSA) is 34.1 Å². The Hall–Kier alpha value is -1.18. The van der Waals surface area contributed by atoms with Gasteiger partial charge in [-0.25, -0.2) is 0 Å². The first-order chi connectivity index (χ1) is 12.7. The van der Waals surface area contributed by atoms with Crippen molar-refractivity contribution in [3.8, 4) is 0 Å². The summed E-state index contributed by atoms with van der Waals surface area (Å²) in [6.07, 6.45) is 11.0. The maximum atomic E-state index is 12.7. The second-order valence-corrected chi connectivity index (χ2v) is 11.0. The lowest BCUT2D eigenvalue weighted by Gasteiger charge is -2.55. The van der Waals surface area contributed by atoms with Gasteiger partial charge < -0.3 is 0 Å². The number of hydrogen-bond acceptors (Lipinski definition) is 2. The number of carbonyl (C=O) groups is 2. The zero-order chi connectivity index (χ0) is 19.6. The summed E-state index contributed by atoms with van der Waals surface area (Å²) in [6.45, 7) is 13.8. The van der Waals surface area contributed by atoms with Crippen molar-refractivity contribution in [3.63, 3.8) is 0 Å². The normalized spacial score (nSPS) is 51.3. The van der Waals surface area contributed by atoms with E-state index in [9.17, 15) is 9.59 Å². The Morgan fingerprint density at radius 2 is 1.93 bits per heavy atom. The summed E-state index contributed by atoms with van der Waals surface area (Å²) in [4.78, 5) is 24.6. The molecule has 4 aliphatic rings. The Kier molecular flexibility index (Phi) is 4.56. The summed E-state index contributed by atoms with van der Waals surface area (Å²) in [5.41, 5.74) is 2.82. The minimum atomic E-state index is -0.135. The van der Waals surface area contributed by atoms with Gasteiger partial charge in [-0.3, -0.25) is 9.59 Å². The summed E-state index contributed by atoms with van der Waals surface area (Å²) >= 11 is 0. The molecule has 0 amide bonds. The van der Waals surface area contributed by atoms with E-state index in [1.54, 1.807) is 0 Å². The van der Waals surface area contributed by atoms with Crippen LogP contribution < -0.4 is 0 Å². The van der Waals surface area contributed by atoms with Gasteiger partial charge in [0.25, 0.3) is 0 Å². The van der Waals surface area contributed by atoms with E-state index in [1.165, 1.54) is 31.3 Å². The van der Waals surface area contributed by atoms with E-state index >= 15 is 0 Å². The van der Waals surface area contributed by atoms with Crippen LogP contribution in [0.3, 0.4) is 0 Å². The van der Waals surface area contributed by atoms with E-state index in [-0.39, 0.29) is 11.3 Å². The second kappa shape index (κ2) is 6.42. The summed E-state index contributed by atoms with van der Waals surface area (Å²) < 4.78 is 0. The van der Waals surface area contributed by atoms with Crippen molar-refractivity contribution in [2.75, 3.05) is 0 Å². The third-order valence-electron chi connectivity index (χ3n) is 9.33. The third kappa shape index (κ3) is 2.81. The molecule has 0 aliphatic heterocycles. The molecular weight excluding hydrogens is 332 g/mol. The van der Waals surface area contributed by atoms with E-state index in [0.717, 1.165) is 24.7 Å². The van der Waals surface area contributed by atoms with Gasteiger partial charge in [-0.05, 0) is 91.4 Å².